The number of hydrogen-bond acceptors (Lipinski definition) is 3. The first-order valence-electron chi connectivity index (χ1n) is 6.27. The molecule has 4 heteroatoms. The molecule has 0 aromatic carbocycles. The second kappa shape index (κ2) is 4.47. The van der Waals surface area contributed by atoms with Crippen molar-refractivity contribution in [2.75, 3.05) is 0 Å². The zero-order valence-corrected chi connectivity index (χ0v) is 9.84. The molecule has 2 aromatic rings. The van der Waals surface area contributed by atoms with Gasteiger partial charge < -0.3 is 0 Å². The first-order chi connectivity index (χ1) is 8.38. The van der Waals surface area contributed by atoms with Crippen LogP contribution in [0.2, 0.25) is 0 Å². The summed E-state index contributed by atoms with van der Waals surface area (Å²) >= 11 is 0. The van der Waals surface area contributed by atoms with Crippen molar-refractivity contribution >= 4 is 5.52 Å². The van der Waals surface area contributed by atoms with Crippen LogP contribution in [0.4, 0.5) is 0 Å². The standard InChI is InChI=1S/C13H18N4/c14-16-12(8-10-4-3-5-10)11-9-15-17-7-2-1-6-13(11)17/h1-2,6-7,9-10,12,16H,3-5,8,14H2. The van der Waals surface area contributed by atoms with Gasteiger partial charge in [0, 0.05) is 17.8 Å². The van der Waals surface area contributed by atoms with Crippen molar-refractivity contribution in [3.63, 3.8) is 0 Å². The van der Waals surface area contributed by atoms with Gasteiger partial charge in [-0.1, -0.05) is 25.3 Å². The normalized spacial score (nSPS) is 18.2. The Labute approximate surface area is 101 Å². The van der Waals surface area contributed by atoms with Crippen LogP contribution in [-0.4, -0.2) is 9.61 Å². The number of nitrogens with two attached hydrogens (primary N) is 1. The first-order valence-corrected chi connectivity index (χ1v) is 6.27. The molecule has 90 valence electrons. The van der Waals surface area contributed by atoms with Gasteiger partial charge in [0.05, 0.1) is 11.7 Å². The van der Waals surface area contributed by atoms with E-state index in [1.54, 1.807) is 0 Å². The second-order valence-corrected chi connectivity index (χ2v) is 4.88. The third kappa shape index (κ3) is 1.94. The summed E-state index contributed by atoms with van der Waals surface area (Å²) in [6.07, 6.45) is 9.08. The Morgan fingerprint density at radius 2 is 2.35 bits per heavy atom. The van der Waals surface area contributed by atoms with E-state index in [-0.39, 0.29) is 6.04 Å². The van der Waals surface area contributed by atoms with Crippen LogP contribution in [0, 0.1) is 5.92 Å². The molecule has 1 aliphatic carbocycles. The molecule has 0 bridgehead atoms. The molecule has 3 rings (SSSR count). The van der Waals surface area contributed by atoms with E-state index in [2.05, 4.69) is 16.6 Å². The van der Waals surface area contributed by atoms with E-state index in [4.69, 9.17) is 5.84 Å². The van der Waals surface area contributed by atoms with Gasteiger partial charge in [-0.15, -0.1) is 0 Å². The molecule has 1 unspecified atom stereocenters. The summed E-state index contributed by atoms with van der Waals surface area (Å²) < 4.78 is 1.90. The summed E-state index contributed by atoms with van der Waals surface area (Å²) in [6.45, 7) is 0. The zero-order chi connectivity index (χ0) is 11.7. The number of fused-ring (bicyclic) bond motifs is 1. The molecule has 3 N–H and O–H groups in total. The molecule has 0 saturated heterocycles. The van der Waals surface area contributed by atoms with Gasteiger partial charge in [0.15, 0.2) is 0 Å². The third-order valence-electron chi connectivity index (χ3n) is 3.83. The molecule has 0 spiro atoms. The van der Waals surface area contributed by atoms with E-state index < -0.39 is 0 Å². The molecule has 1 fully saturated rings. The molecule has 4 nitrogen and oxygen atoms in total. The minimum Gasteiger partial charge on any atom is -0.271 e. The predicted octanol–water partition coefficient (Wildman–Crippen LogP) is 2.03. The quantitative estimate of drug-likeness (QED) is 0.624. The molecular weight excluding hydrogens is 212 g/mol. The Kier molecular flexibility index (Phi) is 2.82. The van der Waals surface area contributed by atoms with Crippen LogP contribution in [0.15, 0.2) is 30.6 Å². The Morgan fingerprint density at radius 3 is 3.06 bits per heavy atom. The van der Waals surface area contributed by atoms with Crippen LogP contribution in [-0.2, 0) is 0 Å². The Hall–Kier alpha value is -1.39. The summed E-state index contributed by atoms with van der Waals surface area (Å²) in [7, 11) is 0. The number of aromatic nitrogens is 2. The summed E-state index contributed by atoms with van der Waals surface area (Å²) in [6, 6.07) is 6.34. The fourth-order valence-corrected chi connectivity index (χ4v) is 2.57. The molecule has 1 aliphatic rings. The van der Waals surface area contributed by atoms with Gasteiger partial charge in [-0.05, 0) is 24.5 Å². The van der Waals surface area contributed by atoms with E-state index in [0.717, 1.165) is 17.9 Å². The van der Waals surface area contributed by atoms with E-state index in [1.807, 2.05) is 29.0 Å². The van der Waals surface area contributed by atoms with Gasteiger partial charge in [0.2, 0.25) is 0 Å². The summed E-state index contributed by atoms with van der Waals surface area (Å²) in [5.74, 6) is 6.52. The molecule has 17 heavy (non-hydrogen) atoms. The van der Waals surface area contributed by atoms with Gasteiger partial charge in [-0.25, -0.2) is 4.52 Å². The smallest absolute Gasteiger partial charge is 0.0709 e. The number of nitrogens with zero attached hydrogens (tertiary/aromatic N) is 2. The van der Waals surface area contributed by atoms with Crippen molar-refractivity contribution in [3.8, 4) is 0 Å². The Bertz CT molecular complexity index is 501. The molecule has 2 heterocycles. The fraction of sp³-hybridized carbons (Fsp3) is 0.462. The molecule has 1 saturated carbocycles. The maximum Gasteiger partial charge on any atom is 0.0709 e. The topological polar surface area (TPSA) is 55.3 Å². The highest BCUT2D eigenvalue weighted by atomic mass is 15.3. The number of pyridine rings is 1. The number of rotatable bonds is 4. The highest BCUT2D eigenvalue weighted by Crippen LogP contribution is 2.35. The number of hydrogen-bond donors (Lipinski definition) is 2. The van der Waals surface area contributed by atoms with Crippen molar-refractivity contribution < 1.29 is 0 Å². The summed E-state index contributed by atoms with van der Waals surface area (Å²) in [5, 5.41) is 4.36. The Balaban J connectivity index is 1.89. The monoisotopic (exact) mass is 230 g/mol. The van der Waals surface area contributed by atoms with Crippen LogP contribution >= 0.6 is 0 Å². The van der Waals surface area contributed by atoms with Gasteiger partial charge >= 0.3 is 0 Å². The fourth-order valence-electron chi connectivity index (χ4n) is 2.57. The zero-order valence-electron chi connectivity index (χ0n) is 9.84. The van der Waals surface area contributed by atoms with Crippen LogP contribution in [0.3, 0.4) is 0 Å². The molecule has 2 aromatic heterocycles. The number of nitrogens with one attached hydrogen (secondary N) is 1. The lowest BCUT2D eigenvalue weighted by Crippen LogP contribution is -2.31. The van der Waals surface area contributed by atoms with Crippen molar-refractivity contribution in [1.82, 2.24) is 15.0 Å². The van der Waals surface area contributed by atoms with Crippen LogP contribution < -0.4 is 11.3 Å². The lowest BCUT2D eigenvalue weighted by Gasteiger charge is -2.29. The minimum absolute atomic E-state index is 0.222. The van der Waals surface area contributed by atoms with Crippen molar-refractivity contribution in [2.24, 2.45) is 11.8 Å². The third-order valence-corrected chi connectivity index (χ3v) is 3.83. The largest absolute Gasteiger partial charge is 0.271 e. The average Bonchev–Trinajstić information content (AvgIpc) is 2.72. The second-order valence-electron chi connectivity index (χ2n) is 4.88. The van der Waals surface area contributed by atoms with E-state index >= 15 is 0 Å². The summed E-state index contributed by atoms with van der Waals surface area (Å²) in [4.78, 5) is 0. The van der Waals surface area contributed by atoms with Gasteiger partial charge in [-0.2, -0.15) is 5.10 Å². The molecule has 0 amide bonds. The van der Waals surface area contributed by atoms with Gasteiger partial charge in [0.1, 0.15) is 0 Å². The predicted molar refractivity (Wildman–Crippen MR) is 67.2 cm³/mol. The molecule has 1 atom stereocenters. The van der Waals surface area contributed by atoms with E-state index in [0.29, 0.717) is 0 Å². The number of hydrazine groups is 1. The van der Waals surface area contributed by atoms with Crippen LogP contribution in [0.1, 0.15) is 37.3 Å². The van der Waals surface area contributed by atoms with Crippen molar-refractivity contribution in [2.45, 2.75) is 31.7 Å². The van der Waals surface area contributed by atoms with Gasteiger partial charge in [-0.3, -0.25) is 11.3 Å². The highest BCUT2D eigenvalue weighted by Gasteiger charge is 2.24. The SMILES string of the molecule is NNC(CC1CCC1)c1cnn2ccccc12. The lowest BCUT2D eigenvalue weighted by molar-refractivity contribution is 0.262. The van der Waals surface area contributed by atoms with Crippen LogP contribution in [0.25, 0.3) is 5.52 Å². The Morgan fingerprint density at radius 1 is 1.47 bits per heavy atom. The lowest BCUT2D eigenvalue weighted by atomic mass is 9.80. The highest BCUT2D eigenvalue weighted by molar-refractivity contribution is 5.54. The average molecular weight is 230 g/mol. The van der Waals surface area contributed by atoms with Crippen molar-refractivity contribution in [3.05, 3.63) is 36.2 Å². The first kappa shape index (κ1) is 10.7. The van der Waals surface area contributed by atoms with Crippen molar-refractivity contribution in [1.29, 1.82) is 0 Å². The van der Waals surface area contributed by atoms with E-state index in [1.165, 1.54) is 24.8 Å². The van der Waals surface area contributed by atoms with E-state index in [9.17, 15) is 0 Å². The summed E-state index contributed by atoms with van der Waals surface area (Å²) in [5.41, 5.74) is 5.30. The molecular formula is C13H18N4. The maximum absolute atomic E-state index is 5.70. The maximum atomic E-state index is 5.70. The van der Waals surface area contributed by atoms with Crippen LogP contribution in [0.5, 0.6) is 0 Å². The van der Waals surface area contributed by atoms with Gasteiger partial charge in [0.25, 0.3) is 0 Å². The molecule has 0 radical (unpaired) electrons. The minimum atomic E-state index is 0.222. The molecule has 0 aliphatic heterocycles.